The Morgan fingerprint density at radius 1 is 1.08 bits per heavy atom. The molecule has 0 radical (unpaired) electrons. The van der Waals surface area contributed by atoms with E-state index in [9.17, 15) is 0 Å². The lowest BCUT2D eigenvalue weighted by atomic mass is 10.1. The van der Waals surface area contributed by atoms with Crippen molar-refractivity contribution in [2.75, 3.05) is 13.6 Å². The highest BCUT2D eigenvalue weighted by Gasteiger charge is 2.03. The lowest BCUT2D eigenvalue weighted by molar-refractivity contribution is 0.796. The minimum atomic E-state index is 0. The average Bonchev–Trinajstić information content (AvgIpc) is 3.02. The summed E-state index contributed by atoms with van der Waals surface area (Å²) in [5.74, 6) is 0.817. The van der Waals surface area contributed by atoms with E-state index in [-0.39, 0.29) is 24.0 Å². The van der Waals surface area contributed by atoms with E-state index in [0.717, 1.165) is 29.9 Å². The molecule has 0 unspecified atom stereocenters. The molecule has 0 amide bonds. The van der Waals surface area contributed by atoms with Crippen LogP contribution in [-0.4, -0.2) is 24.5 Å². The Morgan fingerprint density at radius 3 is 2.60 bits per heavy atom. The first-order valence-electron chi connectivity index (χ1n) is 8.00. The fraction of sp³-hybridized carbons (Fsp3) is 0.211. The van der Waals surface area contributed by atoms with Gasteiger partial charge in [-0.15, -0.1) is 24.0 Å². The highest BCUT2D eigenvalue weighted by molar-refractivity contribution is 14.0. The van der Waals surface area contributed by atoms with E-state index >= 15 is 0 Å². The van der Waals surface area contributed by atoms with Gasteiger partial charge in [-0.2, -0.15) is 0 Å². The normalized spacial score (nSPS) is 11.2. The fourth-order valence-corrected chi connectivity index (χ4v) is 2.93. The second-order valence-corrected chi connectivity index (χ2v) is 6.50. The van der Waals surface area contributed by atoms with E-state index in [1.807, 2.05) is 12.1 Å². The number of halogens is 2. The standard InChI is InChI=1S/C19H21BrN4.HI/c1-21-19(24-12-14-6-8-16(20)9-7-14)22-11-10-15-13-23-18-5-3-2-4-17(15)18;/h2-9,13,23H,10-12H2,1H3,(H2,21,22,24);1H. The van der Waals surface area contributed by atoms with Crippen LogP contribution in [0.4, 0.5) is 0 Å². The van der Waals surface area contributed by atoms with Crippen LogP contribution < -0.4 is 10.6 Å². The van der Waals surface area contributed by atoms with Crippen molar-refractivity contribution in [2.45, 2.75) is 13.0 Å². The summed E-state index contributed by atoms with van der Waals surface area (Å²) >= 11 is 3.45. The quantitative estimate of drug-likeness (QED) is 0.268. The first-order chi connectivity index (χ1) is 11.8. The van der Waals surface area contributed by atoms with E-state index in [0.29, 0.717) is 0 Å². The van der Waals surface area contributed by atoms with Gasteiger partial charge in [-0.25, -0.2) is 0 Å². The molecule has 25 heavy (non-hydrogen) atoms. The Kier molecular flexibility index (Phi) is 7.77. The number of hydrogen-bond donors (Lipinski definition) is 3. The van der Waals surface area contributed by atoms with E-state index in [4.69, 9.17) is 0 Å². The number of aliphatic imine (C=N–C) groups is 1. The maximum Gasteiger partial charge on any atom is 0.191 e. The zero-order valence-corrected chi connectivity index (χ0v) is 18.0. The number of H-pyrrole nitrogens is 1. The summed E-state index contributed by atoms with van der Waals surface area (Å²) in [5, 5.41) is 8.00. The molecular formula is C19H22BrIN4. The number of nitrogens with one attached hydrogen (secondary N) is 3. The van der Waals surface area contributed by atoms with Crippen molar-refractivity contribution in [1.82, 2.24) is 15.6 Å². The summed E-state index contributed by atoms with van der Waals surface area (Å²) in [5.41, 5.74) is 3.73. The molecule has 3 aromatic rings. The van der Waals surface area contributed by atoms with E-state index in [1.54, 1.807) is 7.05 Å². The lowest BCUT2D eigenvalue weighted by Gasteiger charge is -2.12. The Hall–Kier alpha value is -1.54. The first-order valence-corrected chi connectivity index (χ1v) is 8.79. The summed E-state index contributed by atoms with van der Waals surface area (Å²) in [6.45, 7) is 1.59. The average molecular weight is 513 g/mol. The van der Waals surface area contributed by atoms with Crippen molar-refractivity contribution < 1.29 is 0 Å². The van der Waals surface area contributed by atoms with Crippen LogP contribution in [-0.2, 0) is 13.0 Å². The molecule has 0 atom stereocenters. The molecule has 0 aliphatic carbocycles. The van der Waals surface area contributed by atoms with Gasteiger partial charge in [0, 0.05) is 41.7 Å². The van der Waals surface area contributed by atoms with Crippen LogP contribution in [0.5, 0.6) is 0 Å². The third-order valence-electron chi connectivity index (χ3n) is 3.96. The van der Waals surface area contributed by atoms with E-state index in [2.05, 4.69) is 79.1 Å². The number of para-hydroxylation sites is 1. The number of nitrogens with zero attached hydrogens (tertiary/aromatic N) is 1. The van der Waals surface area contributed by atoms with Gasteiger partial charge in [-0.3, -0.25) is 4.99 Å². The lowest BCUT2D eigenvalue weighted by Crippen LogP contribution is -2.37. The minimum Gasteiger partial charge on any atom is -0.361 e. The molecule has 0 fully saturated rings. The third-order valence-corrected chi connectivity index (χ3v) is 4.49. The summed E-state index contributed by atoms with van der Waals surface area (Å²) in [6.07, 6.45) is 3.04. The van der Waals surface area contributed by atoms with E-state index < -0.39 is 0 Å². The number of hydrogen-bond acceptors (Lipinski definition) is 1. The second-order valence-electron chi connectivity index (χ2n) is 5.59. The highest BCUT2D eigenvalue weighted by Crippen LogP contribution is 2.17. The van der Waals surface area contributed by atoms with Crippen LogP contribution in [0.3, 0.4) is 0 Å². The van der Waals surface area contributed by atoms with E-state index in [1.165, 1.54) is 22.0 Å². The number of fused-ring (bicyclic) bond motifs is 1. The van der Waals surface area contributed by atoms with Crippen molar-refractivity contribution in [3.63, 3.8) is 0 Å². The summed E-state index contributed by atoms with van der Waals surface area (Å²) in [4.78, 5) is 7.59. The predicted molar refractivity (Wildman–Crippen MR) is 120 cm³/mol. The molecule has 4 nitrogen and oxygen atoms in total. The topological polar surface area (TPSA) is 52.2 Å². The number of guanidine groups is 1. The number of aromatic amines is 1. The first kappa shape index (κ1) is 19.8. The van der Waals surface area contributed by atoms with Crippen molar-refractivity contribution in [3.05, 3.63) is 70.3 Å². The molecule has 0 aliphatic heterocycles. The van der Waals surface area contributed by atoms with Crippen molar-refractivity contribution in [2.24, 2.45) is 4.99 Å². The Labute approximate surface area is 173 Å². The molecule has 3 N–H and O–H groups in total. The number of aromatic nitrogens is 1. The Morgan fingerprint density at radius 2 is 1.84 bits per heavy atom. The van der Waals surface area contributed by atoms with Gasteiger partial charge < -0.3 is 15.6 Å². The van der Waals surface area contributed by atoms with Crippen LogP contribution in [0.2, 0.25) is 0 Å². The molecule has 2 aromatic carbocycles. The molecule has 0 saturated carbocycles. The molecular weight excluding hydrogens is 491 g/mol. The monoisotopic (exact) mass is 512 g/mol. The molecule has 6 heteroatoms. The number of rotatable bonds is 5. The largest absolute Gasteiger partial charge is 0.361 e. The zero-order valence-electron chi connectivity index (χ0n) is 14.1. The number of benzene rings is 2. The minimum absolute atomic E-state index is 0. The van der Waals surface area contributed by atoms with Gasteiger partial charge in [0.1, 0.15) is 0 Å². The Balaban J connectivity index is 0.00000225. The summed E-state index contributed by atoms with van der Waals surface area (Å²) in [6, 6.07) is 16.7. The van der Waals surface area contributed by atoms with Crippen molar-refractivity contribution in [3.8, 4) is 0 Å². The molecule has 1 aromatic heterocycles. The van der Waals surface area contributed by atoms with Gasteiger partial charge in [0.05, 0.1) is 0 Å². The van der Waals surface area contributed by atoms with Crippen molar-refractivity contribution >= 4 is 56.8 Å². The maximum absolute atomic E-state index is 4.28. The highest BCUT2D eigenvalue weighted by atomic mass is 127. The summed E-state index contributed by atoms with van der Waals surface area (Å²) in [7, 11) is 1.79. The molecule has 132 valence electrons. The predicted octanol–water partition coefficient (Wildman–Crippen LogP) is 4.46. The van der Waals surface area contributed by atoms with Gasteiger partial charge in [-0.1, -0.05) is 46.3 Å². The van der Waals surface area contributed by atoms with Gasteiger partial charge in [-0.05, 0) is 35.7 Å². The van der Waals surface area contributed by atoms with Gasteiger partial charge in [0.25, 0.3) is 0 Å². The fourth-order valence-electron chi connectivity index (χ4n) is 2.66. The molecule has 0 saturated heterocycles. The zero-order chi connectivity index (χ0) is 16.8. The second kappa shape index (κ2) is 9.82. The van der Waals surface area contributed by atoms with Crippen LogP contribution in [0.1, 0.15) is 11.1 Å². The van der Waals surface area contributed by atoms with Crippen LogP contribution >= 0.6 is 39.9 Å². The smallest absolute Gasteiger partial charge is 0.191 e. The van der Waals surface area contributed by atoms with Gasteiger partial charge >= 0.3 is 0 Å². The maximum atomic E-state index is 4.28. The SMILES string of the molecule is CN=C(NCCc1c[nH]c2ccccc12)NCc1ccc(Br)cc1.I. The molecule has 0 spiro atoms. The molecule has 0 aliphatic rings. The molecule has 1 heterocycles. The molecule has 0 bridgehead atoms. The van der Waals surface area contributed by atoms with Crippen molar-refractivity contribution in [1.29, 1.82) is 0 Å². The van der Waals surface area contributed by atoms with Crippen LogP contribution in [0, 0.1) is 0 Å². The third kappa shape index (κ3) is 5.47. The van der Waals surface area contributed by atoms with Gasteiger partial charge in [0.15, 0.2) is 5.96 Å². The summed E-state index contributed by atoms with van der Waals surface area (Å²) < 4.78 is 1.09. The van der Waals surface area contributed by atoms with Crippen LogP contribution in [0.25, 0.3) is 10.9 Å². The Bertz CT molecular complexity index is 827. The van der Waals surface area contributed by atoms with Crippen LogP contribution in [0.15, 0.2) is 64.2 Å². The van der Waals surface area contributed by atoms with Gasteiger partial charge in [0.2, 0.25) is 0 Å². The molecule has 3 rings (SSSR count).